The summed E-state index contributed by atoms with van der Waals surface area (Å²) in [6.07, 6.45) is 10.0. The van der Waals surface area contributed by atoms with Crippen molar-refractivity contribution in [3.8, 4) is 0 Å². The van der Waals surface area contributed by atoms with E-state index in [1.807, 2.05) is 6.07 Å². The lowest BCUT2D eigenvalue weighted by atomic mass is 9.99. The van der Waals surface area contributed by atoms with Crippen molar-refractivity contribution in [1.82, 2.24) is 4.98 Å². The van der Waals surface area contributed by atoms with Gasteiger partial charge >= 0.3 is 0 Å². The maximum atomic E-state index is 11.3. The predicted molar refractivity (Wildman–Crippen MR) is 108 cm³/mol. The molecule has 3 nitrogen and oxygen atoms in total. The molecule has 0 saturated carbocycles. The number of nitrogens with one attached hydrogen (secondary N) is 1. The zero-order valence-corrected chi connectivity index (χ0v) is 15.7. The average molecular weight is 367 g/mol. The van der Waals surface area contributed by atoms with Crippen molar-refractivity contribution in [2.45, 2.75) is 39.2 Å². The summed E-state index contributed by atoms with van der Waals surface area (Å²) in [7, 11) is 0. The molecule has 26 heavy (non-hydrogen) atoms. The van der Waals surface area contributed by atoms with Crippen molar-refractivity contribution >= 4 is 23.2 Å². The molecule has 0 spiro atoms. The Morgan fingerprint density at radius 3 is 2.77 bits per heavy atom. The van der Waals surface area contributed by atoms with Gasteiger partial charge in [0.2, 0.25) is 0 Å². The first kappa shape index (κ1) is 18.4. The molecule has 1 heterocycles. The number of halogens is 1. The van der Waals surface area contributed by atoms with Crippen molar-refractivity contribution < 1.29 is 4.79 Å². The SMILES string of the molecule is CC(=O)c1ccc(NCc2cccc(CCC3=CCCC(Cl)=C3)c2)nc1. The predicted octanol–water partition coefficient (Wildman–Crippen LogP) is 5.67. The molecule has 3 rings (SSSR count). The number of rotatable bonds is 7. The van der Waals surface area contributed by atoms with E-state index < -0.39 is 0 Å². The molecule has 0 amide bonds. The molecule has 1 aliphatic rings. The molecule has 0 atom stereocenters. The summed E-state index contributed by atoms with van der Waals surface area (Å²) in [6.45, 7) is 2.25. The van der Waals surface area contributed by atoms with Crippen LogP contribution in [0.3, 0.4) is 0 Å². The van der Waals surface area contributed by atoms with Crippen LogP contribution in [0.2, 0.25) is 0 Å². The van der Waals surface area contributed by atoms with Crippen molar-refractivity contribution in [2.24, 2.45) is 0 Å². The van der Waals surface area contributed by atoms with Gasteiger partial charge in [-0.3, -0.25) is 4.79 Å². The molecular formula is C22H23ClN2O. The van der Waals surface area contributed by atoms with Crippen LogP contribution in [-0.4, -0.2) is 10.8 Å². The number of hydrogen-bond acceptors (Lipinski definition) is 3. The van der Waals surface area contributed by atoms with E-state index in [-0.39, 0.29) is 5.78 Å². The zero-order chi connectivity index (χ0) is 18.4. The number of carbonyl (C=O) groups is 1. The molecule has 1 aliphatic carbocycles. The third-order valence-electron chi connectivity index (χ3n) is 4.47. The number of anilines is 1. The summed E-state index contributed by atoms with van der Waals surface area (Å²) < 4.78 is 0. The summed E-state index contributed by atoms with van der Waals surface area (Å²) in [5, 5.41) is 4.27. The van der Waals surface area contributed by atoms with Crippen LogP contribution < -0.4 is 5.32 Å². The van der Waals surface area contributed by atoms with Crippen LogP contribution in [0.25, 0.3) is 0 Å². The van der Waals surface area contributed by atoms with E-state index in [1.54, 1.807) is 19.2 Å². The molecule has 134 valence electrons. The number of aryl methyl sites for hydroxylation is 1. The van der Waals surface area contributed by atoms with Gasteiger partial charge in [-0.15, -0.1) is 0 Å². The van der Waals surface area contributed by atoms with Crippen molar-refractivity contribution in [3.63, 3.8) is 0 Å². The molecule has 1 aromatic heterocycles. The fourth-order valence-corrected chi connectivity index (χ4v) is 3.23. The molecule has 0 aliphatic heterocycles. The lowest BCUT2D eigenvalue weighted by Crippen LogP contribution is -2.03. The summed E-state index contributed by atoms with van der Waals surface area (Å²) in [5.41, 5.74) is 4.49. The van der Waals surface area contributed by atoms with Gasteiger partial charge in [0.15, 0.2) is 5.78 Å². The van der Waals surface area contributed by atoms with Gasteiger partial charge in [0, 0.05) is 23.3 Å². The van der Waals surface area contributed by atoms with Crippen molar-refractivity contribution in [2.75, 3.05) is 5.32 Å². The standard InChI is InChI=1S/C22H23ClN2O/c1-16(26)20-10-11-22(25-15-20)24-14-19-6-2-4-17(12-19)8-9-18-5-3-7-21(23)13-18/h2,4-6,10-13,15H,3,7-9,14H2,1H3,(H,24,25). The van der Waals surface area contributed by atoms with Crippen LogP contribution in [0.15, 0.2) is 65.4 Å². The van der Waals surface area contributed by atoms with Crippen molar-refractivity contribution in [3.05, 3.63) is 82.0 Å². The number of nitrogens with zero attached hydrogens (tertiary/aromatic N) is 1. The van der Waals surface area contributed by atoms with Gasteiger partial charge in [0.1, 0.15) is 5.82 Å². The third kappa shape index (κ3) is 5.30. The molecule has 1 N–H and O–H groups in total. The fourth-order valence-electron chi connectivity index (χ4n) is 2.99. The number of allylic oxidation sites excluding steroid dienone is 4. The Morgan fingerprint density at radius 1 is 1.19 bits per heavy atom. The number of pyridine rings is 1. The minimum absolute atomic E-state index is 0.0287. The van der Waals surface area contributed by atoms with Crippen LogP contribution in [-0.2, 0) is 13.0 Å². The zero-order valence-electron chi connectivity index (χ0n) is 15.0. The van der Waals surface area contributed by atoms with Crippen LogP contribution in [0.4, 0.5) is 5.82 Å². The normalized spacial score (nSPS) is 13.8. The Morgan fingerprint density at radius 2 is 2.04 bits per heavy atom. The Hall–Kier alpha value is -2.39. The van der Waals surface area contributed by atoms with Crippen LogP contribution in [0.1, 0.15) is 47.7 Å². The minimum Gasteiger partial charge on any atom is -0.366 e. The highest BCUT2D eigenvalue weighted by Gasteiger charge is 2.05. The van der Waals surface area contributed by atoms with E-state index >= 15 is 0 Å². The summed E-state index contributed by atoms with van der Waals surface area (Å²) in [4.78, 5) is 15.6. The van der Waals surface area contributed by atoms with E-state index in [1.165, 1.54) is 16.7 Å². The smallest absolute Gasteiger partial charge is 0.161 e. The second-order valence-corrected chi connectivity index (χ2v) is 7.06. The van der Waals surface area contributed by atoms with Crippen LogP contribution >= 0.6 is 11.6 Å². The molecule has 1 aromatic carbocycles. The molecule has 0 unspecified atom stereocenters. The second kappa shape index (κ2) is 8.81. The molecule has 4 heteroatoms. The Bertz CT molecular complexity index is 837. The van der Waals surface area contributed by atoms with E-state index in [0.717, 1.165) is 36.5 Å². The topological polar surface area (TPSA) is 42.0 Å². The van der Waals surface area contributed by atoms with Gasteiger partial charge in [-0.05, 0) is 61.9 Å². The number of ketones is 1. The lowest BCUT2D eigenvalue weighted by Gasteiger charge is -2.11. The molecule has 0 fully saturated rings. The Labute approximate surface area is 159 Å². The van der Waals surface area contributed by atoms with E-state index in [4.69, 9.17) is 11.6 Å². The monoisotopic (exact) mass is 366 g/mol. The van der Waals surface area contributed by atoms with Crippen molar-refractivity contribution in [1.29, 1.82) is 0 Å². The average Bonchev–Trinajstić information content (AvgIpc) is 2.65. The quantitative estimate of drug-likeness (QED) is 0.641. The first-order valence-corrected chi connectivity index (χ1v) is 9.32. The van der Waals surface area contributed by atoms with Gasteiger partial charge < -0.3 is 5.32 Å². The molecule has 0 saturated heterocycles. The number of aromatic nitrogens is 1. The molecule has 0 radical (unpaired) electrons. The van der Waals surface area contributed by atoms with E-state index in [0.29, 0.717) is 12.1 Å². The van der Waals surface area contributed by atoms with Gasteiger partial charge in [-0.1, -0.05) is 47.5 Å². The third-order valence-corrected chi connectivity index (χ3v) is 4.77. The van der Waals surface area contributed by atoms with E-state index in [9.17, 15) is 4.79 Å². The minimum atomic E-state index is 0.0287. The highest BCUT2D eigenvalue weighted by molar-refractivity contribution is 6.29. The van der Waals surface area contributed by atoms with Gasteiger partial charge in [-0.2, -0.15) is 0 Å². The highest BCUT2D eigenvalue weighted by Crippen LogP contribution is 2.23. The maximum absolute atomic E-state index is 11.3. The summed E-state index contributed by atoms with van der Waals surface area (Å²) in [6, 6.07) is 12.2. The first-order chi connectivity index (χ1) is 12.6. The van der Waals surface area contributed by atoms with E-state index in [2.05, 4.69) is 46.7 Å². The summed E-state index contributed by atoms with van der Waals surface area (Å²) in [5.74, 6) is 0.800. The summed E-state index contributed by atoms with van der Waals surface area (Å²) >= 11 is 6.13. The number of benzene rings is 1. The van der Waals surface area contributed by atoms with Crippen LogP contribution in [0, 0.1) is 0 Å². The lowest BCUT2D eigenvalue weighted by molar-refractivity contribution is 0.101. The number of carbonyl (C=O) groups excluding carboxylic acids is 1. The molecule has 2 aromatic rings. The van der Waals surface area contributed by atoms with Gasteiger partial charge in [0.05, 0.1) is 0 Å². The second-order valence-electron chi connectivity index (χ2n) is 6.57. The largest absolute Gasteiger partial charge is 0.366 e. The fraction of sp³-hybridized carbons (Fsp3) is 0.273. The van der Waals surface area contributed by atoms with Gasteiger partial charge in [0.25, 0.3) is 0 Å². The Balaban J connectivity index is 1.55. The highest BCUT2D eigenvalue weighted by atomic mass is 35.5. The molecular weight excluding hydrogens is 344 g/mol. The molecule has 0 bridgehead atoms. The Kier molecular flexibility index (Phi) is 6.24. The van der Waals surface area contributed by atoms with Crippen LogP contribution in [0.5, 0.6) is 0 Å². The first-order valence-electron chi connectivity index (χ1n) is 8.94. The number of hydrogen-bond donors (Lipinski definition) is 1. The van der Waals surface area contributed by atoms with Gasteiger partial charge in [-0.25, -0.2) is 4.98 Å². The number of Topliss-reactive ketones (excluding diaryl/α,β-unsaturated/α-hetero) is 1. The maximum Gasteiger partial charge on any atom is 0.161 e.